The molecule has 2 unspecified atom stereocenters. The Hall–Kier alpha value is -1.44. The van der Waals surface area contributed by atoms with Crippen molar-refractivity contribution < 1.29 is 22.9 Å². The van der Waals surface area contributed by atoms with Crippen molar-refractivity contribution in [2.75, 3.05) is 12.3 Å². The number of rotatable bonds is 4. The van der Waals surface area contributed by atoms with E-state index >= 15 is 0 Å². The number of nitrogens with zero attached hydrogens (tertiary/aromatic N) is 1. The third-order valence-corrected chi connectivity index (χ3v) is 5.79. The van der Waals surface area contributed by atoms with Crippen LogP contribution < -0.4 is 4.48 Å². The number of hydrogen-bond donors (Lipinski definition) is 2. The summed E-state index contributed by atoms with van der Waals surface area (Å²) in [6.45, 7) is 6.00. The van der Waals surface area contributed by atoms with Gasteiger partial charge in [0.2, 0.25) is 0 Å². The van der Waals surface area contributed by atoms with E-state index in [0.717, 1.165) is 5.56 Å². The molecule has 1 aromatic carbocycles. The van der Waals surface area contributed by atoms with E-state index in [1.807, 2.05) is 32.9 Å². The summed E-state index contributed by atoms with van der Waals surface area (Å²) in [4.78, 5) is 12.1. The van der Waals surface area contributed by atoms with E-state index in [2.05, 4.69) is 0 Å². The van der Waals surface area contributed by atoms with Crippen molar-refractivity contribution in [3.05, 3.63) is 29.8 Å². The summed E-state index contributed by atoms with van der Waals surface area (Å²) < 4.78 is 30.5. The van der Waals surface area contributed by atoms with Gasteiger partial charge in [0.1, 0.15) is 11.7 Å². The number of carbonyl (C=O) groups is 1. The van der Waals surface area contributed by atoms with Crippen LogP contribution in [0.3, 0.4) is 0 Å². The van der Waals surface area contributed by atoms with Gasteiger partial charge in [-0.1, -0.05) is 18.2 Å². The number of fused-ring (bicyclic) bond motifs is 1. The molecule has 0 aromatic heterocycles. The van der Waals surface area contributed by atoms with Gasteiger partial charge in [-0.3, -0.25) is 4.55 Å². The van der Waals surface area contributed by atoms with E-state index in [1.54, 1.807) is 12.1 Å². The molecular formula is C15H22NO5S+. The summed E-state index contributed by atoms with van der Waals surface area (Å²) in [6.07, 6.45) is -0.916. The summed E-state index contributed by atoms with van der Waals surface area (Å²) >= 11 is 0. The van der Waals surface area contributed by atoms with E-state index in [0.29, 0.717) is 5.69 Å². The van der Waals surface area contributed by atoms with Crippen LogP contribution in [-0.4, -0.2) is 42.5 Å². The number of carboxylic acid groups (broad SMARTS) is 1. The predicted octanol–water partition coefficient (Wildman–Crippen LogP) is 2.63. The quantitative estimate of drug-likeness (QED) is 0.655. The molecule has 22 heavy (non-hydrogen) atoms. The van der Waals surface area contributed by atoms with Crippen LogP contribution >= 0.6 is 0 Å². The molecular weight excluding hydrogens is 306 g/mol. The molecule has 1 aromatic rings. The van der Waals surface area contributed by atoms with Gasteiger partial charge in [0.25, 0.3) is 10.1 Å². The molecule has 6 nitrogen and oxygen atoms in total. The van der Waals surface area contributed by atoms with Crippen molar-refractivity contribution in [2.24, 2.45) is 0 Å². The Morgan fingerprint density at radius 3 is 2.45 bits per heavy atom. The molecule has 0 saturated carbocycles. The lowest BCUT2D eigenvalue weighted by atomic mass is 9.81. The number of para-hydroxylation sites is 1. The first-order chi connectivity index (χ1) is 10.0. The second-order valence-electron chi connectivity index (χ2n) is 6.43. The third-order valence-electron chi connectivity index (χ3n) is 4.99. The number of amides is 1. The molecule has 7 heteroatoms. The molecule has 1 heterocycles. The van der Waals surface area contributed by atoms with Gasteiger partial charge in [0.05, 0.1) is 12.3 Å². The first-order valence-electron chi connectivity index (χ1n) is 7.20. The average Bonchev–Trinajstić information content (AvgIpc) is 2.57. The van der Waals surface area contributed by atoms with Crippen LogP contribution in [0.25, 0.3) is 0 Å². The molecule has 0 bridgehead atoms. The minimum atomic E-state index is -4.09. The average molecular weight is 328 g/mol. The Bertz CT molecular complexity index is 698. The van der Waals surface area contributed by atoms with Crippen molar-refractivity contribution in [3.8, 4) is 0 Å². The normalized spacial score (nSPS) is 26.6. The van der Waals surface area contributed by atoms with E-state index in [-0.39, 0.29) is 28.9 Å². The highest BCUT2D eigenvalue weighted by molar-refractivity contribution is 7.85. The van der Waals surface area contributed by atoms with Crippen LogP contribution in [0.15, 0.2) is 24.3 Å². The maximum atomic E-state index is 12.1. The maximum absolute atomic E-state index is 12.1. The maximum Gasteiger partial charge on any atom is 0.519 e. The van der Waals surface area contributed by atoms with Crippen molar-refractivity contribution in [1.29, 1.82) is 0 Å². The zero-order valence-corrected chi connectivity index (χ0v) is 13.8. The predicted molar refractivity (Wildman–Crippen MR) is 84.6 cm³/mol. The third kappa shape index (κ3) is 2.53. The fraction of sp³-hybridized carbons (Fsp3) is 0.533. The summed E-state index contributed by atoms with van der Waals surface area (Å²) in [5, 5.41) is 9.90. The summed E-state index contributed by atoms with van der Waals surface area (Å²) in [6, 6.07) is 7.16. The monoisotopic (exact) mass is 328 g/mol. The highest BCUT2D eigenvalue weighted by atomic mass is 32.2. The van der Waals surface area contributed by atoms with E-state index in [4.69, 9.17) is 4.55 Å². The van der Waals surface area contributed by atoms with E-state index in [9.17, 15) is 18.3 Å². The molecule has 2 N–H and O–H groups in total. The number of quaternary nitrogens is 1. The molecule has 0 saturated heterocycles. The Labute approximate surface area is 130 Å². The Morgan fingerprint density at radius 2 is 1.91 bits per heavy atom. The number of hydrogen-bond acceptors (Lipinski definition) is 3. The standard InChI is InChI=1S/C15H21NO5S/c1-11-15(2,3)12-7-4-5-8-13(12)16(11,14(17)18)9-6-10-22(19,20)21/h4-5,7-8,11H,6,9-10H2,1-3H3,(H-,17,18,19,20,21)/p+1. The summed E-state index contributed by atoms with van der Waals surface area (Å²) in [5.74, 6) is -0.435. The first kappa shape index (κ1) is 16.9. The van der Waals surface area contributed by atoms with E-state index in [1.165, 1.54) is 0 Å². The lowest BCUT2D eigenvalue weighted by molar-refractivity contribution is 0.122. The lowest BCUT2D eigenvalue weighted by Gasteiger charge is -2.36. The Morgan fingerprint density at radius 1 is 1.32 bits per heavy atom. The highest BCUT2D eigenvalue weighted by Gasteiger charge is 2.59. The van der Waals surface area contributed by atoms with Crippen LogP contribution in [0.1, 0.15) is 32.8 Å². The fourth-order valence-electron chi connectivity index (χ4n) is 3.53. The Kier molecular flexibility index (Phi) is 4.10. The van der Waals surface area contributed by atoms with Crippen LogP contribution in [0.4, 0.5) is 10.5 Å². The fourth-order valence-corrected chi connectivity index (χ4v) is 4.02. The zero-order valence-electron chi connectivity index (χ0n) is 13.0. The topological polar surface area (TPSA) is 91.7 Å². The van der Waals surface area contributed by atoms with Gasteiger partial charge in [-0.05, 0) is 20.8 Å². The van der Waals surface area contributed by atoms with Crippen molar-refractivity contribution >= 4 is 21.9 Å². The Balaban J connectivity index is 2.49. The number of benzene rings is 1. The van der Waals surface area contributed by atoms with Gasteiger partial charge < -0.3 is 5.11 Å². The van der Waals surface area contributed by atoms with Crippen molar-refractivity contribution in [1.82, 2.24) is 4.48 Å². The molecule has 0 spiro atoms. The largest absolute Gasteiger partial charge is 0.519 e. The minimum Gasteiger partial charge on any atom is -0.435 e. The van der Waals surface area contributed by atoms with E-state index < -0.39 is 22.0 Å². The molecule has 2 rings (SSSR count). The molecule has 122 valence electrons. The molecule has 1 amide bonds. The zero-order chi connectivity index (χ0) is 16.8. The van der Waals surface area contributed by atoms with Gasteiger partial charge in [-0.15, -0.1) is 0 Å². The lowest BCUT2D eigenvalue weighted by Crippen LogP contribution is -2.61. The van der Waals surface area contributed by atoms with Gasteiger partial charge in [0, 0.05) is 23.5 Å². The van der Waals surface area contributed by atoms with Crippen LogP contribution in [0.2, 0.25) is 0 Å². The van der Waals surface area contributed by atoms with Crippen LogP contribution in [-0.2, 0) is 15.5 Å². The molecule has 2 atom stereocenters. The smallest absolute Gasteiger partial charge is 0.435 e. The van der Waals surface area contributed by atoms with Crippen molar-refractivity contribution in [2.45, 2.75) is 38.6 Å². The molecule has 1 aliphatic rings. The highest BCUT2D eigenvalue weighted by Crippen LogP contribution is 2.50. The van der Waals surface area contributed by atoms with Gasteiger partial charge in [-0.2, -0.15) is 17.7 Å². The summed E-state index contributed by atoms with van der Waals surface area (Å²) in [5.41, 5.74) is 1.33. The van der Waals surface area contributed by atoms with Gasteiger partial charge in [0.15, 0.2) is 0 Å². The van der Waals surface area contributed by atoms with Gasteiger partial charge >= 0.3 is 6.09 Å². The SMILES string of the molecule is CC1C(C)(C)c2ccccc2[N+]1(CCCS(=O)(=O)O)C(=O)O. The summed E-state index contributed by atoms with van der Waals surface area (Å²) in [7, 11) is -4.09. The van der Waals surface area contributed by atoms with Crippen LogP contribution in [0.5, 0.6) is 0 Å². The molecule has 0 fully saturated rings. The first-order valence-corrected chi connectivity index (χ1v) is 8.81. The minimum absolute atomic E-state index is 0.0832. The second kappa shape index (κ2) is 5.33. The van der Waals surface area contributed by atoms with Crippen molar-refractivity contribution in [3.63, 3.8) is 0 Å². The molecule has 0 radical (unpaired) electrons. The van der Waals surface area contributed by atoms with Crippen LogP contribution in [0, 0.1) is 0 Å². The van der Waals surface area contributed by atoms with Gasteiger partial charge in [-0.25, -0.2) is 0 Å². The molecule has 0 aliphatic carbocycles. The molecule has 1 aliphatic heterocycles. The second-order valence-corrected chi connectivity index (χ2v) is 8.00.